The molecule has 0 unspecified atom stereocenters. The number of hydrogen-bond acceptors (Lipinski definition) is 4. The van der Waals surface area contributed by atoms with Gasteiger partial charge in [0.05, 0.1) is 5.75 Å². The lowest BCUT2D eigenvalue weighted by Crippen LogP contribution is -2.19. The fourth-order valence-electron chi connectivity index (χ4n) is 1.53. The minimum absolute atomic E-state index is 0.00361. The Morgan fingerprint density at radius 3 is 2.25 bits per heavy atom. The van der Waals surface area contributed by atoms with Gasteiger partial charge in [-0.15, -0.1) is 0 Å². The molecule has 0 saturated carbocycles. The van der Waals surface area contributed by atoms with E-state index in [4.69, 9.17) is 23.2 Å². The predicted octanol–water partition coefficient (Wildman–Crippen LogP) is 2.77. The van der Waals surface area contributed by atoms with Crippen LogP contribution in [0.15, 0.2) is 36.7 Å². The summed E-state index contributed by atoms with van der Waals surface area (Å²) in [7, 11) is -3.58. The van der Waals surface area contributed by atoms with E-state index in [1.165, 1.54) is 0 Å². The first-order chi connectivity index (χ1) is 9.48. The Bertz CT molecular complexity index is 673. The summed E-state index contributed by atoms with van der Waals surface area (Å²) in [5.74, 6) is -0.0848. The number of halogens is 2. The number of sulfonamides is 1. The van der Waals surface area contributed by atoms with Crippen LogP contribution in [0.3, 0.4) is 0 Å². The first-order valence-electron chi connectivity index (χ1n) is 5.68. The van der Waals surface area contributed by atoms with Crippen LogP contribution >= 0.6 is 23.2 Å². The zero-order valence-electron chi connectivity index (χ0n) is 10.3. The summed E-state index contributed by atoms with van der Waals surface area (Å²) in [6.45, 7) is 0. The number of hydrogen-bond donors (Lipinski definition) is 1. The average molecular weight is 332 g/mol. The van der Waals surface area contributed by atoms with Gasteiger partial charge in [0, 0.05) is 0 Å². The molecule has 2 rings (SSSR count). The fourth-order valence-corrected chi connectivity index (χ4v) is 3.16. The van der Waals surface area contributed by atoms with Crippen molar-refractivity contribution in [3.05, 3.63) is 52.5 Å². The largest absolute Gasteiger partial charge is 0.278 e. The van der Waals surface area contributed by atoms with E-state index in [0.717, 1.165) is 11.9 Å². The quantitative estimate of drug-likeness (QED) is 0.855. The van der Waals surface area contributed by atoms with Gasteiger partial charge in [0.15, 0.2) is 10.3 Å². The summed E-state index contributed by atoms with van der Waals surface area (Å²) < 4.78 is 26.3. The van der Waals surface area contributed by atoms with Gasteiger partial charge >= 0.3 is 0 Å². The second-order valence-corrected chi connectivity index (χ2v) is 6.54. The van der Waals surface area contributed by atoms with Crippen LogP contribution in [0, 0.1) is 0 Å². The average Bonchev–Trinajstić information content (AvgIpc) is 2.42. The fraction of sp³-hybridized carbons (Fsp3) is 0.167. The summed E-state index contributed by atoms with van der Waals surface area (Å²) in [4.78, 5) is 7.37. The maximum absolute atomic E-state index is 12.0. The molecule has 20 heavy (non-hydrogen) atoms. The highest BCUT2D eigenvalue weighted by Gasteiger charge is 2.16. The Balaban J connectivity index is 2.08. The standard InChI is InChI=1S/C12H11Cl2N3O2S/c13-11-10(12(14)16-8-15-11)17-20(18,19)7-6-9-4-2-1-3-5-9/h1-5,8,17H,6-7H2. The van der Waals surface area contributed by atoms with Crippen LogP contribution in [0.4, 0.5) is 5.69 Å². The van der Waals surface area contributed by atoms with Crippen LogP contribution in [0.2, 0.25) is 10.3 Å². The van der Waals surface area contributed by atoms with Gasteiger partial charge < -0.3 is 0 Å². The molecule has 8 heteroatoms. The summed E-state index contributed by atoms with van der Waals surface area (Å²) >= 11 is 11.6. The molecule has 1 heterocycles. The molecule has 5 nitrogen and oxygen atoms in total. The lowest BCUT2D eigenvalue weighted by atomic mass is 10.2. The van der Waals surface area contributed by atoms with Gasteiger partial charge in [-0.3, -0.25) is 4.72 Å². The van der Waals surface area contributed by atoms with E-state index in [-0.39, 0.29) is 21.7 Å². The van der Waals surface area contributed by atoms with Crippen LogP contribution in [0.1, 0.15) is 5.56 Å². The van der Waals surface area contributed by atoms with E-state index < -0.39 is 10.0 Å². The minimum atomic E-state index is -3.58. The third kappa shape index (κ3) is 4.06. The molecular formula is C12H11Cl2N3O2S. The second-order valence-electron chi connectivity index (χ2n) is 3.99. The Morgan fingerprint density at radius 1 is 1.05 bits per heavy atom. The molecule has 0 radical (unpaired) electrons. The van der Waals surface area contributed by atoms with Crippen molar-refractivity contribution in [2.24, 2.45) is 0 Å². The number of aromatic nitrogens is 2. The van der Waals surface area contributed by atoms with Crippen molar-refractivity contribution in [2.45, 2.75) is 6.42 Å². The van der Waals surface area contributed by atoms with Gasteiger partial charge in [-0.2, -0.15) is 0 Å². The maximum Gasteiger partial charge on any atom is 0.233 e. The van der Waals surface area contributed by atoms with Crippen LogP contribution in [-0.4, -0.2) is 24.1 Å². The molecule has 0 atom stereocenters. The van der Waals surface area contributed by atoms with Gasteiger partial charge in [-0.25, -0.2) is 18.4 Å². The highest BCUT2D eigenvalue weighted by atomic mass is 35.5. The molecule has 0 fully saturated rings. The molecule has 106 valence electrons. The Morgan fingerprint density at radius 2 is 1.65 bits per heavy atom. The van der Waals surface area contributed by atoms with E-state index in [0.29, 0.717) is 6.42 Å². The molecule has 1 N–H and O–H groups in total. The predicted molar refractivity (Wildman–Crippen MR) is 79.6 cm³/mol. The van der Waals surface area contributed by atoms with Gasteiger partial charge in [0.2, 0.25) is 10.0 Å². The van der Waals surface area contributed by atoms with E-state index >= 15 is 0 Å². The summed E-state index contributed by atoms with van der Waals surface area (Å²) in [6.07, 6.45) is 1.55. The topological polar surface area (TPSA) is 72.0 Å². The molecule has 0 aliphatic heterocycles. The van der Waals surface area contributed by atoms with Crippen molar-refractivity contribution < 1.29 is 8.42 Å². The van der Waals surface area contributed by atoms with Crippen LogP contribution in [0.25, 0.3) is 0 Å². The highest BCUT2D eigenvalue weighted by molar-refractivity contribution is 7.92. The van der Waals surface area contributed by atoms with Gasteiger partial charge in [0.25, 0.3) is 0 Å². The lowest BCUT2D eigenvalue weighted by molar-refractivity contribution is 0.600. The van der Waals surface area contributed by atoms with Crippen molar-refractivity contribution in [3.63, 3.8) is 0 Å². The molecule has 0 aliphatic carbocycles. The number of rotatable bonds is 5. The highest BCUT2D eigenvalue weighted by Crippen LogP contribution is 2.26. The lowest BCUT2D eigenvalue weighted by Gasteiger charge is -2.09. The molecule has 0 saturated heterocycles. The second kappa shape index (κ2) is 6.39. The van der Waals surface area contributed by atoms with Gasteiger partial charge in [-0.1, -0.05) is 53.5 Å². The normalized spacial score (nSPS) is 11.3. The molecular weight excluding hydrogens is 321 g/mol. The molecule has 0 amide bonds. The Kier molecular flexibility index (Phi) is 4.80. The zero-order valence-corrected chi connectivity index (χ0v) is 12.6. The molecule has 2 aromatic rings. The number of nitrogens with one attached hydrogen (secondary N) is 1. The third-order valence-electron chi connectivity index (χ3n) is 2.51. The number of benzene rings is 1. The van der Waals surface area contributed by atoms with Gasteiger partial charge in [-0.05, 0) is 12.0 Å². The monoisotopic (exact) mass is 331 g/mol. The van der Waals surface area contributed by atoms with Crippen LogP contribution in [-0.2, 0) is 16.4 Å². The van der Waals surface area contributed by atoms with E-state index in [1.807, 2.05) is 30.3 Å². The van der Waals surface area contributed by atoms with E-state index in [2.05, 4.69) is 14.7 Å². The van der Waals surface area contributed by atoms with Crippen LogP contribution < -0.4 is 4.72 Å². The molecule has 0 spiro atoms. The number of aryl methyl sites for hydroxylation is 1. The van der Waals surface area contributed by atoms with Crippen molar-refractivity contribution >= 4 is 38.9 Å². The van der Waals surface area contributed by atoms with Gasteiger partial charge in [0.1, 0.15) is 12.0 Å². The summed E-state index contributed by atoms with van der Waals surface area (Å²) in [5.41, 5.74) is 0.934. The summed E-state index contributed by atoms with van der Waals surface area (Å²) in [6, 6.07) is 9.31. The first kappa shape index (κ1) is 15.0. The van der Waals surface area contributed by atoms with Crippen LogP contribution in [0.5, 0.6) is 0 Å². The van der Waals surface area contributed by atoms with Crippen molar-refractivity contribution in [1.82, 2.24) is 9.97 Å². The third-order valence-corrected chi connectivity index (χ3v) is 4.34. The maximum atomic E-state index is 12.0. The number of nitrogens with zero attached hydrogens (tertiary/aromatic N) is 2. The Hall–Kier alpha value is -1.37. The van der Waals surface area contributed by atoms with Crippen molar-refractivity contribution in [2.75, 3.05) is 10.5 Å². The smallest absolute Gasteiger partial charge is 0.233 e. The van der Waals surface area contributed by atoms with E-state index in [9.17, 15) is 8.42 Å². The van der Waals surface area contributed by atoms with Crippen molar-refractivity contribution in [1.29, 1.82) is 0 Å². The first-order valence-corrected chi connectivity index (χ1v) is 8.09. The summed E-state index contributed by atoms with van der Waals surface area (Å²) in [5, 5.41) is -0.0680. The SMILES string of the molecule is O=S(=O)(CCc1ccccc1)Nc1c(Cl)ncnc1Cl. The molecule has 1 aromatic heterocycles. The Labute approximate surface area is 127 Å². The molecule has 0 aliphatic rings. The van der Waals surface area contributed by atoms with Crippen molar-refractivity contribution in [3.8, 4) is 0 Å². The minimum Gasteiger partial charge on any atom is -0.278 e. The molecule has 0 bridgehead atoms. The zero-order chi connectivity index (χ0) is 14.6. The molecule has 1 aromatic carbocycles. The number of anilines is 1. The van der Waals surface area contributed by atoms with E-state index in [1.54, 1.807) is 0 Å².